The second-order valence-corrected chi connectivity index (χ2v) is 6.38. The van der Waals surface area contributed by atoms with Crippen LogP contribution in [0, 0.1) is 0 Å². The highest BCUT2D eigenvalue weighted by Gasteiger charge is 2.33. The summed E-state index contributed by atoms with van der Waals surface area (Å²) in [5.74, 6) is 0. The lowest BCUT2D eigenvalue weighted by atomic mass is 10.1. The molecule has 150 valence electrons. The summed E-state index contributed by atoms with van der Waals surface area (Å²) in [5.41, 5.74) is 5.99. The van der Waals surface area contributed by atoms with E-state index in [0.29, 0.717) is 16.7 Å². The number of rotatable bonds is 7. The average molecular weight is 395 g/mol. The molecule has 0 bridgehead atoms. The monoisotopic (exact) mass is 395 g/mol. The van der Waals surface area contributed by atoms with E-state index >= 15 is 0 Å². The zero-order valence-corrected chi connectivity index (χ0v) is 14.9. The molecule has 0 radical (unpaired) electrons. The van der Waals surface area contributed by atoms with Crippen LogP contribution in [0.2, 0.25) is 0 Å². The third kappa shape index (κ3) is 4.65. The van der Waals surface area contributed by atoms with Crippen molar-refractivity contribution in [3.05, 3.63) is 58.5 Å². The number of aromatic amines is 2. The van der Waals surface area contributed by atoms with Crippen LogP contribution in [0.15, 0.2) is 47.3 Å². The Morgan fingerprint density at radius 3 is 2.54 bits per heavy atom. The number of hydrogen-bond donors (Lipinski definition) is 6. The van der Waals surface area contributed by atoms with Crippen LogP contribution in [0.5, 0.6) is 0 Å². The smallest absolute Gasteiger partial charge is 0.392 e. The number of nitrogens with one attached hydrogen (secondary N) is 5. The number of alkyl halides is 3. The highest BCUT2D eigenvalue weighted by molar-refractivity contribution is 5.78. The predicted octanol–water partition coefficient (Wildman–Crippen LogP) is 2.65. The van der Waals surface area contributed by atoms with Crippen molar-refractivity contribution >= 4 is 22.4 Å². The van der Waals surface area contributed by atoms with Gasteiger partial charge in [-0.1, -0.05) is 12.1 Å². The van der Waals surface area contributed by atoms with E-state index in [4.69, 9.17) is 0 Å². The number of benzene rings is 2. The fourth-order valence-electron chi connectivity index (χ4n) is 2.72. The van der Waals surface area contributed by atoms with Gasteiger partial charge in [-0.05, 0) is 37.3 Å². The topological polar surface area (TPSA) is 105 Å². The summed E-state index contributed by atoms with van der Waals surface area (Å²) in [5, 5.41) is 13.0. The molecule has 2 unspecified atom stereocenters. The fourth-order valence-corrected chi connectivity index (χ4v) is 2.72. The van der Waals surface area contributed by atoms with Gasteiger partial charge in [0, 0.05) is 12.2 Å². The Bertz CT molecular complexity index is 997. The Balaban J connectivity index is 1.66. The lowest BCUT2D eigenvalue weighted by Crippen LogP contribution is -2.46. The number of H-pyrrole nitrogens is 2. The summed E-state index contributed by atoms with van der Waals surface area (Å²) in [4.78, 5) is 16.6. The predicted molar refractivity (Wildman–Crippen MR) is 101 cm³/mol. The van der Waals surface area contributed by atoms with Crippen molar-refractivity contribution < 1.29 is 18.3 Å². The standard InChI is InChI=1S/C18H20F3N5O2/c1-10(27)16(26-25-13-5-3-2-4-12(13)18(19,20)21)9-22-11-6-7-14-15(8-11)24-17(28)23-14/h2-8,10,16,22,25-27H,9H2,1H3,(H2,23,24,28). The van der Waals surface area contributed by atoms with E-state index in [1.165, 1.54) is 25.1 Å². The number of fused-ring (bicyclic) bond motifs is 1. The van der Waals surface area contributed by atoms with E-state index in [1.807, 2.05) is 0 Å². The summed E-state index contributed by atoms with van der Waals surface area (Å²) in [6, 6.07) is 9.67. The first-order valence-electron chi connectivity index (χ1n) is 8.56. The quantitative estimate of drug-likeness (QED) is 0.345. The Hall–Kier alpha value is -2.98. The van der Waals surface area contributed by atoms with Crippen molar-refractivity contribution in [2.45, 2.75) is 25.2 Å². The van der Waals surface area contributed by atoms with Gasteiger partial charge in [0.25, 0.3) is 0 Å². The molecule has 0 fully saturated rings. The number of anilines is 2. The van der Waals surface area contributed by atoms with Gasteiger partial charge in [-0.3, -0.25) is 0 Å². The largest absolute Gasteiger partial charge is 0.418 e. The van der Waals surface area contributed by atoms with Gasteiger partial charge in [-0.25, -0.2) is 10.2 Å². The van der Waals surface area contributed by atoms with E-state index in [0.717, 1.165) is 6.07 Å². The van der Waals surface area contributed by atoms with Crippen LogP contribution in [0.3, 0.4) is 0 Å². The van der Waals surface area contributed by atoms with Crippen LogP contribution >= 0.6 is 0 Å². The fraction of sp³-hybridized carbons (Fsp3) is 0.278. The van der Waals surface area contributed by atoms with Gasteiger partial charge in [0.15, 0.2) is 0 Å². The maximum absolute atomic E-state index is 13.1. The van der Waals surface area contributed by atoms with Crippen LogP contribution in [0.4, 0.5) is 24.5 Å². The molecule has 3 rings (SSSR count). The molecule has 0 saturated carbocycles. The van der Waals surface area contributed by atoms with Crippen LogP contribution in [0.25, 0.3) is 11.0 Å². The first kappa shape index (κ1) is 19.8. The third-order valence-electron chi connectivity index (χ3n) is 4.25. The van der Waals surface area contributed by atoms with Crippen molar-refractivity contribution in [1.82, 2.24) is 15.4 Å². The van der Waals surface area contributed by atoms with Crippen LogP contribution < -0.4 is 21.9 Å². The molecule has 28 heavy (non-hydrogen) atoms. The van der Waals surface area contributed by atoms with Gasteiger partial charge in [0.1, 0.15) is 0 Å². The maximum atomic E-state index is 13.1. The van der Waals surface area contributed by atoms with Crippen molar-refractivity contribution in [2.75, 3.05) is 17.3 Å². The summed E-state index contributed by atoms with van der Waals surface area (Å²) >= 11 is 0. The molecule has 0 aliphatic rings. The van der Waals surface area contributed by atoms with Crippen molar-refractivity contribution in [3.8, 4) is 0 Å². The Morgan fingerprint density at radius 1 is 1.11 bits per heavy atom. The molecule has 2 aromatic carbocycles. The molecule has 0 amide bonds. The molecule has 2 atom stereocenters. The molecule has 0 aliphatic carbocycles. The molecular weight excluding hydrogens is 375 g/mol. The van der Waals surface area contributed by atoms with Gasteiger partial charge in [-0.15, -0.1) is 0 Å². The van der Waals surface area contributed by atoms with Gasteiger partial charge in [-0.2, -0.15) is 13.2 Å². The number of halogens is 3. The molecule has 0 aliphatic heterocycles. The highest BCUT2D eigenvalue weighted by atomic mass is 19.4. The molecule has 7 nitrogen and oxygen atoms in total. The lowest BCUT2D eigenvalue weighted by Gasteiger charge is -2.24. The number of hydrogen-bond acceptors (Lipinski definition) is 5. The molecular formula is C18H20F3N5O2. The second-order valence-electron chi connectivity index (χ2n) is 6.38. The molecule has 3 aromatic rings. The van der Waals surface area contributed by atoms with E-state index in [9.17, 15) is 23.1 Å². The summed E-state index contributed by atoms with van der Waals surface area (Å²) < 4.78 is 39.2. The molecule has 10 heteroatoms. The number of aromatic nitrogens is 2. The molecule has 1 aromatic heterocycles. The Labute approximate surface area is 157 Å². The van der Waals surface area contributed by atoms with Crippen molar-refractivity contribution in [2.24, 2.45) is 0 Å². The van der Waals surface area contributed by atoms with Gasteiger partial charge < -0.3 is 25.8 Å². The minimum absolute atomic E-state index is 0.132. The van der Waals surface area contributed by atoms with Crippen molar-refractivity contribution in [1.29, 1.82) is 0 Å². The number of hydrazine groups is 1. The van der Waals surface area contributed by atoms with E-state index in [1.54, 1.807) is 18.2 Å². The molecule has 1 heterocycles. The van der Waals surface area contributed by atoms with Gasteiger partial charge >= 0.3 is 11.9 Å². The molecule has 0 saturated heterocycles. The Morgan fingerprint density at radius 2 is 1.82 bits per heavy atom. The summed E-state index contributed by atoms with van der Waals surface area (Å²) in [6.07, 6.45) is -5.35. The summed E-state index contributed by atoms with van der Waals surface area (Å²) in [6.45, 7) is 1.75. The first-order valence-corrected chi connectivity index (χ1v) is 8.56. The van der Waals surface area contributed by atoms with Gasteiger partial charge in [0.2, 0.25) is 0 Å². The van der Waals surface area contributed by atoms with Crippen LogP contribution in [-0.4, -0.2) is 33.8 Å². The van der Waals surface area contributed by atoms with Crippen molar-refractivity contribution in [3.63, 3.8) is 0 Å². The maximum Gasteiger partial charge on any atom is 0.418 e. The SMILES string of the molecule is CC(O)C(CNc1ccc2[nH]c(=O)[nH]c2c1)NNc1ccccc1C(F)(F)F. The Kier molecular flexibility index (Phi) is 5.61. The van der Waals surface area contributed by atoms with E-state index in [-0.39, 0.29) is 17.9 Å². The molecule has 0 spiro atoms. The number of aliphatic hydroxyl groups excluding tert-OH is 1. The third-order valence-corrected chi connectivity index (χ3v) is 4.25. The van der Waals surface area contributed by atoms with Gasteiger partial charge in [0.05, 0.1) is 34.4 Å². The number of imidazole rings is 1. The normalized spacial score (nSPS) is 14.0. The highest BCUT2D eigenvalue weighted by Crippen LogP contribution is 2.34. The second kappa shape index (κ2) is 7.95. The van der Waals surface area contributed by atoms with E-state index in [2.05, 4.69) is 26.1 Å². The summed E-state index contributed by atoms with van der Waals surface area (Å²) in [7, 11) is 0. The first-order chi connectivity index (χ1) is 13.2. The lowest BCUT2D eigenvalue weighted by molar-refractivity contribution is -0.137. The molecule has 6 N–H and O–H groups in total. The van der Waals surface area contributed by atoms with Crippen LogP contribution in [0.1, 0.15) is 12.5 Å². The number of para-hydroxylation sites is 1. The minimum Gasteiger partial charge on any atom is -0.392 e. The number of aliphatic hydroxyl groups is 1. The average Bonchev–Trinajstić information content (AvgIpc) is 3.00. The minimum atomic E-state index is -4.49. The zero-order chi connectivity index (χ0) is 20.3. The zero-order valence-electron chi connectivity index (χ0n) is 14.9. The van der Waals surface area contributed by atoms with Crippen LogP contribution in [-0.2, 0) is 6.18 Å². The van der Waals surface area contributed by atoms with E-state index < -0.39 is 23.9 Å².